The van der Waals surface area contributed by atoms with E-state index in [9.17, 15) is 8.42 Å². The van der Waals surface area contributed by atoms with Crippen LogP contribution in [0.4, 0.5) is 0 Å². The molecule has 1 N–H and O–H groups in total. The minimum atomic E-state index is -3.53. The zero-order valence-corrected chi connectivity index (χ0v) is 13.4. The van der Waals surface area contributed by atoms with Gasteiger partial charge in [0.15, 0.2) is 0 Å². The third-order valence-electron chi connectivity index (χ3n) is 3.58. The number of hydrogen-bond donors (Lipinski definition) is 1. The molecular formula is C17H17N3O2S. The summed E-state index contributed by atoms with van der Waals surface area (Å²) < 4.78 is 29.3. The molecule has 0 aliphatic rings. The minimum Gasteiger partial charge on any atom is -0.306 e. The van der Waals surface area contributed by atoms with Gasteiger partial charge in [0.2, 0.25) is 10.0 Å². The van der Waals surface area contributed by atoms with Gasteiger partial charge in [-0.15, -0.1) is 0 Å². The molecular weight excluding hydrogens is 310 g/mol. The van der Waals surface area contributed by atoms with Gasteiger partial charge < -0.3 is 4.57 Å². The molecule has 1 atom stereocenters. The second-order valence-electron chi connectivity index (χ2n) is 5.22. The Morgan fingerprint density at radius 2 is 1.74 bits per heavy atom. The summed E-state index contributed by atoms with van der Waals surface area (Å²) in [6.07, 6.45) is 5.29. The van der Waals surface area contributed by atoms with E-state index in [1.807, 2.05) is 42.0 Å². The van der Waals surface area contributed by atoms with Crippen molar-refractivity contribution < 1.29 is 8.42 Å². The molecule has 0 radical (unpaired) electrons. The first kappa shape index (κ1) is 15.5. The molecule has 0 spiro atoms. The van der Waals surface area contributed by atoms with Gasteiger partial charge in [-0.05, 0) is 36.8 Å². The van der Waals surface area contributed by atoms with Crippen LogP contribution in [-0.2, 0) is 10.0 Å². The van der Waals surface area contributed by atoms with Gasteiger partial charge in [0.05, 0.1) is 11.2 Å². The molecule has 0 aliphatic carbocycles. The summed E-state index contributed by atoms with van der Waals surface area (Å²) >= 11 is 0. The van der Waals surface area contributed by atoms with Crippen LogP contribution >= 0.6 is 0 Å². The number of aromatic nitrogens is 2. The topological polar surface area (TPSA) is 64.0 Å². The highest BCUT2D eigenvalue weighted by molar-refractivity contribution is 7.89. The molecule has 5 nitrogen and oxygen atoms in total. The van der Waals surface area contributed by atoms with Crippen LogP contribution in [0.2, 0.25) is 0 Å². The maximum absolute atomic E-state index is 12.3. The van der Waals surface area contributed by atoms with E-state index < -0.39 is 10.0 Å². The molecule has 0 saturated carbocycles. The van der Waals surface area contributed by atoms with E-state index in [0.717, 1.165) is 11.3 Å². The second-order valence-corrected chi connectivity index (χ2v) is 6.93. The van der Waals surface area contributed by atoms with E-state index in [-0.39, 0.29) is 10.9 Å². The number of benzene rings is 2. The Hall–Kier alpha value is -2.44. The van der Waals surface area contributed by atoms with E-state index in [4.69, 9.17) is 0 Å². The summed E-state index contributed by atoms with van der Waals surface area (Å²) in [6, 6.07) is 15.7. The van der Waals surface area contributed by atoms with Crippen molar-refractivity contribution in [2.45, 2.75) is 17.9 Å². The molecule has 0 saturated heterocycles. The van der Waals surface area contributed by atoms with Crippen LogP contribution in [0.5, 0.6) is 0 Å². The average molecular weight is 327 g/mol. The molecule has 0 bridgehead atoms. The Bertz CT molecular complexity index is 858. The first-order valence-corrected chi connectivity index (χ1v) is 8.70. The van der Waals surface area contributed by atoms with Gasteiger partial charge in [0.1, 0.15) is 0 Å². The van der Waals surface area contributed by atoms with Crippen LogP contribution < -0.4 is 4.72 Å². The van der Waals surface area contributed by atoms with Crippen LogP contribution in [0.15, 0.2) is 78.2 Å². The van der Waals surface area contributed by atoms with Gasteiger partial charge in [-0.3, -0.25) is 0 Å². The van der Waals surface area contributed by atoms with E-state index in [2.05, 4.69) is 9.71 Å². The van der Waals surface area contributed by atoms with Crippen LogP contribution in [0.1, 0.15) is 18.5 Å². The van der Waals surface area contributed by atoms with E-state index in [1.54, 1.807) is 42.9 Å². The van der Waals surface area contributed by atoms with Crippen molar-refractivity contribution in [3.8, 4) is 5.69 Å². The lowest BCUT2D eigenvalue weighted by Gasteiger charge is -2.15. The number of nitrogens with zero attached hydrogens (tertiary/aromatic N) is 2. The van der Waals surface area contributed by atoms with E-state index in [1.165, 1.54) is 0 Å². The van der Waals surface area contributed by atoms with Crippen LogP contribution in [0.25, 0.3) is 5.69 Å². The molecule has 1 aromatic heterocycles. The van der Waals surface area contributed by atoms with Crippen molar-refractivity contribution in [3.63, 3.8) is 0 Å². The van der Waals surface area contributed by atoms with Crippen molar-refractivity contribution in [2.75, 3.05) is 0 Å². The van der Waals surface area contributed by atoms with Gasteiger partial charge in [-0.1, -0.05) is 30.3 Å². The number of rotatable bonds is 5. The Morgan fingerprint density at radius 3 is 2.35 bits per heavy atom. The fourth-order valence-electron chi connectivity index (χ4n) is 2.32. The molecule has 0 amide bonds. The molecule has 6 heteroatoms. The summed E-state index contributed by atoms with van der Waals surface area (Å²) in [5, 5.41) is 0. The highest BCUT2D eigenvalue weighted by atomic mass is 32.2. The zero-order valence-electron chi connectivity index (χ0n) is 12.6. The molecule has 1 heterocycles. The van der Waals surface area contributed by atoms with Crippen molar-refractivity contribution in [1.82, 2.24) is 14.3 Å². The highest BCUT2D eigenvalue weighted by Crippen LogP contribution is 2.18. The van der Waals surface area contributed by atoms with Gasteiger partial charge in [-0.25, -0.2) is 18.1 Å². The number of hydrogen-bond acceptors (Lipinski definition) is 3. The predicted octanol–water partition coefficient (Wildman–Crippen LogP) is 2.91. The van der Waals surface area contributed by atoms with Crippen molar-refractivity contribution in [1.29, 1.82) is 0 Å². The number of nitrogens with one attached hydrogen (secondary N) is 1. The first-order chi connectivity index (χ1) is 11.1. The quantitative estimate of drug-likeness (QED) is 0.783. The summed E-state index contributed by atoms with van der Waals surface area (Å²) in [7, 11) is -3.53. The van der Waals surface area contributed by atoms with Crippen LogP contribution in [-0.4, -0.2) is 18.0 Å². The lowest BCUT2D eigenvalue weighted by atomic mass is 10.1. The number of imidazole rings is 1. The lowest BCUT2D eigenvalue weighted by molar-refractivity contribution is 0.567. The van der Waals surface area contributed by atoms with E-state index in [0.29, 0.717) is 0 Å². The SMILES string of the molecule is CC(NS(=O)(=O)c1ccccc1)c1ccc(-n2ccnc2)cc1. The summed E-state index contributed by atoms with van der Waals surface area (Å²) in [5.41, 5.74) is 1.87. The Labute approximate surface area is 135 Å². The maximum atomic E-state index is 12.3. The Balaban J connectivity index is 1.77. The molecule has 3 rings (SSSR count). The van der Waals surface area contributed by atoms with Crippen LogP contribution in [0.3, 0.4) is 0 Å². The van der Waals surface area contributed by atoms with Gasteiger partial charge in [0, 0.05) is 24.1 Å². The average Bonchev–Trinajstić information content (AvgIpc) is 3.10. The van der Waals surface area contributed by atoms with Crippen molar-refractivity contribution >= 4 is 10.0 Å². The predicted molar refractivity (Wildman–Crippen MR) is 88.7 cm³/mol. The monoisotopic (exact) mass is 327 g/mol. The van der Waals surface area contributed by atoms with Crippen LogP contribution in [0, 0.1) is 0 Å². The molecule has 3 aromatic rings. The molecule has 118 valence electrons. The van der Waals surface area contributed by atoms with Gasteiger partial charge >= 0.3 is 0 Å². The fraction of sp³-hybridized carbons (Fsp3) is 0.118. The second kappa shape index (κ2) is 6.36. The summed E-state index contributed by atoms with van der Waals surface area (Å²) in [5.74, 6) is 0. The third-order valence-corrected chi connectivity index (χ3v) is 5.14. The maximum Gasteiger partial charge on any atom is 0.241 e. The minimum absolute atomic E-state index is 0.266. The third kappa shape index (κ3) is 3.49. The highest BCUT2D eigenvalue weighted by Gasteiger charge is 2.17. The molecule has 23 heavy (non-hydrogen) atoms. The molecule has 0 fully saturated rings. The van der Waals surface area contributed by atoms with Crippen molar-refractivity contribution in [2.24, 2.45) is 0 Å². The smallest absolute Gasteiger partial charge is 0.241 e. The summed E-state index contributed by atoms with van der Waals surface area (Å²) in [4.78, 5) is 4.28. The zero-order chi connectivity index (χ0) is 16.3. The molecule has 1 unspecified atom stereocenters. The molecule has 0 aliphatic heterocycles. The van der Waals surface area contributed by atoms with E-state index >= 15 is 0 Å². The normalized spacial score (nSPS) is 12.9. The number of sulfonamides is 1. The van der Waals surface area contributed by atoms with Gasteiger partial charge in [-0.2, -0.15) is 0 Å². The Morgan fingerprint density at radius 1 is 1.04 bits per heavy atom. The fourth-order valence-corrected chi connectivity index (χ4v) is 3.57. The van der Waals surface area contributed by atoms with Gasteiger partial charge in [0.25, 0.3) is 0 Å². The Kier molecular flexibility index (Phi) is 4.27. The standard InChI is InChI=1S/C17H17N3O2S/c1-14(19-23(21,22)17-5-3-2-4-6-17)15-7-9-16(10-8-15)20-12-11-18-13-20/h2-14,19H,1H3. The first-order valence-electron chi connectivity index (χ1n) is 7.22. The largest absolute Gasteiger partial charge is 0.306 e. The molecule has 2 aromatic carbocycles. The van der Waals surface area contributed by atoms with Crippen molar-refractivity contribution in [3.05, 3.63) is 78.9 Å². The lowest BCUT2D eigenvalue weighted by Crippen LogP contribution is -2.26. The summed E-state index contributed by atoms with van der Waals surface area (Å²) in [6.45, 7) is 1.83.